The Morgan fingerprint density at radius 3 is 2.50 bits per heavy atom. The quantitative estimate of drug-likeness (QED) is 0.734. The van der Waals surface area contributed by atoms with Crippen molar-refractivity contribution >= 4 is 23.0 Å². The summed E-state index contributed by atoms with van der Waals surface area (Å²) in [5.41, 5.74) is 0.844. The van der Waals surface area contributed by atoms with E-state index >= 15 is 0 Å². The molecule has 1 unspecified atom stereocenters. The fourth-order valence-corrected chi connectivity index (χ4v) is 2.22. The third-order valence-corrected chi connectivity index (χ3v) is 3.66. The number of hydrogen-bond acceptors (Lipinski definition) is 4. The minimum atomic E-state index is -1.29. The smallest absolute Gasteiger partial charge is 0.407 e. The lowest BCUT2D eigenvalue weighted by Crippen LogP contribution is -2.48. The number of benzene rings is 1. The monoisotopic (exact) mass is 297 g/mol. The van der Waals surface area contributed by atoms with Crippen LogP contribution in [0.3, 0.4) is 0 Å². The van der Waals surface area contributed by atoms with E-state index in [2.05, 4.69) is 5.32 Å². The zero-order valence-corrected chi connectivity index (χ0v) is 12.4. The first-order valence-electron chi connectivity index (χ1n) is 6.21. The Balaban J connectivity index is 2.40. The number of rotatable bonds is 7. The summed E-state index contributed by atoms with van der Waals surface area (Å²) in [5, 5.41) is 13.3. The molecule has 110 valence electrons. The molecule has 0 heterocycles. The van der Waals surface area contributed by atoms with E-state index in [0.717, 1.165) is 11.3 Å². The van der Waals surface area contributed by atoms with Crippen molar-refractivity contribution in [2.24, 2.45) is 0 Å². The highest BCUT2D eigenvalue weighted by molar-refractivity contribution is 7.95. The van der Waals surface area contributed by atoms with Gasteiger partial charge in [0.15, 0.2) is 0 Å². The van der Waals surface area contributed by atoms with Gasteiger partial charge in [-0.3, -0.25) is 0 Å². The lowest BCUT2D eigenvalue weighted by Gasteiger charge is -2.18. The fourth-order valence-electron chi connectivity index (χ4n) is 1.51. The predicted octanol–water partition coefficient (Wildman–Crippen LogP) is 0.299. The molecule has 5 nitrogen and oxygen atoms in total. The van der Waals surface area contributed by atoms with Crippen molar-refractivity contribution in [3.8, 4) is 0 Å². The molecule has 6 heteroatoms. The molecule has 0 saturated carbocycles. The van der Waals surface area contributed by atoms with Crippen LogP contribution in [0.15, 0.2) is 30.3 Å². The molecule has 0 spiro atoms. The number of nitrogens with one attached hydrogen (secondary N) is 1. The van der Waals surface area contributed by atoms with Crippen LogP contribution < -0.4 is 10.4 Å². The molecular formula is C14H19NO4S. The highest BCUT2D eigenvalue weighted by Gasteiger charge is 2.17. The summed E-state index contributed by atoms with van der Waals surface area (Å²) in [6.07, 6.45) is 3.63. The van der Waals surface area contributed by atoms with Crippen LogP contribution in [-0.4, -0.2) is 36.4 Å². The van der Waals surface area contributed by atoms with E-state index in [1.807, 2.05) is 42.8 Å². The van der Waals surface area contributed by atoms with Crippen LogP contribution >= 0.6 is 0 Å². The van der Waals surface area contributed by atoms with Crippen molar-refractivity contribution in [3.63, 3.8) is 0 Å². The van der Waals surface area contributed by atoms with Crippen molar-refractivity contribution in [2.75, 3.05) is 18.3 Å². The summed E-state index contributed by atoms with van der Waals surface area (Å²) in [6.45, 7) is 0.109. The molecule has 0 aromatic heterocycles. The van der Waals surface area contributed by atoms with Crippen LogP contribution in [0.1, 0.15) is 12.0 Å². The minimum Gasteiger partial charge on any atom is -0.548 e. The van der Waals surface area contributed by atoms with Crippen molar-refractivity contribution < 1.29 is 19.4 Å². The summed E-state index contributed by atoms with van der Waals surface area (Å²) in [7, 11) is 0.116. The third kappa shape index (κ3) is 6.47. The SMILES string of the molecule is C[S+](C)CCC(NC(=O)OCc1ccccc1)C(=O)[O-]. The molecule has 0 aliphatic heterocycles. The molecule has 20 heavy (non-hydrogen) atoms. The molecule has 1 atom stereocenters. The van der Waals surface area contributed by atoms with Crippen LogP contribution in [-0.2, 0) is 27.0 Å². The highest BCUT2D eigenvalue weighted by Crippen LogP contribution is 2.02. The van der Waals surface area contributed by atoms with Gasteiger partial charge >= 0.3 is 6.09 Å². The molecule has 1 aromatic rings. The molecule has 0 radical (unpaired) electrons. The lowest BCUT2D eigenvalue weighted by molar-refractivity contribution is -0.308. The molecular weight excluding hydrogens is 278 g/mol. The number of hydrogen-bond donors (Lipinski definition) is 1. The first-order chi connectivity index (χ1) is 9.49. The van der Waals surface area contributed by atoms with Gasteiger partial charge < -0.3 is 20.0 Å². The van der Waals surface area contributed by atoms with Crippen molar-refractivity contribution in [1.29, 1.82) is 0 Å². The molecule has 0 bridgehead atoms. The standard InChI is InChI=1S/C14H19NO4S/c1-20(2)9-8-12(13(16)17)15-14(18)19-10-11-6-4-3-5-7-11/h3-7,12H,8-10H2,1-2H3,(H-,15,16,17,18). The van der Waals surface area contributed by atoms with Crippen molar-refractivity contribution in [3.05, 3.63) is 35.9 Å². The molecule has 0 fully saturated rings. The lowest BCUT2D eigenvalue weighted by atomic mass is 10.2. The number of alkyl carbamates (subject to hydrolysis) is 1. The zero-order valence-electron chi connectivity index (χ0n) is 11.6. The summed E-state index contributed by atoms with van der Waals surface area (Å²) in [5.74, 6) is -0.565. The number of aliphatic carboxylic acids is 1. The van der Waals surface area contributed by atoms with E-state index in [1.165, 1.54) is 0 Å². The van der Waals surface area contributed by atoms with Gasteiger partial charge in [-0.1, -0.05) is 30.3 Å². The Labute approximate surface area is 121 Å². The number of carbonyl (C=O) groups is 2. The topological polar surface area (TPSA) is 78.5 Å². The van der Waals surface area contributed by atoms with Gasteiger partial charge in [-0.15, -0.1) is 0 Å². The van der Waals surface area contributed by atoms with Gasteiger partial charge in [0, 0.05) is 6.42 Å². The van der Waals surface area contributed by atoms with E-state index < -0.39 is 18.1 Å². The number of amides is 1. The van der Waals surface area contributed by atoms with E-state index in [9.17, 15) is 14.7 Å². The fraction of sp³-hybridized carbons (Fsp3) is 0.429. The first kappa shape index (κ1) is 16.4. The number of ether oxygens (including phenoxy) is 1. The molecule has 0 saturated heterocycles. The van der Waals surface area contributed by atoms with Gasteiger partial charge in [-0.25, -0.2) is 4.79 Å². The van der Waals surface area contributed by atoms with Gasteiger partial charge in [0.25, 0.3) is 0 Å². The van der Waals surface area contributed by atoms with Gasteiger partial charge in [0.1, 0.15) is 12.4 Å². The molecule has 1 N–H and O–H groups in total. The first-order valence-corrected chi connectivity index (χ1v) is 8.42. The van der Waals surface area contributed by atoms with Crippen LogP contribution in [0.25, 0.3) is 0 Å². The van der Waals surface area contributed by atoms with Gasteiger partial charge in [-0.2, -0.15) is 0 Å². The number of carboxylic acid groups (broad SMARTS) is 1. The van der Waals surface area contributed by atoms with Gasteiger partial charge in [0.2, 0.25) is 0 Å². The van der Waals surface area contributed by atoms with Gasteiger partial charge in [0.05, 0.1) is 24.5 Å². The maximum Gasteiger partial charge on any atom is 0.407 e. The number of carboxylic acids is 1. The average molecular weight is 297 g/mol. The maximum absolute atomic E-state index is 11.6. The molecule has 1 rings (SSSR count). The van der Waals surface area contributed by atoms with Crippen LogP contribution in [0.2, 0.25) is 0 Å². The van der Waals surface area contributed by atoms with E-state index in [4.69, 9.17) is 4.74 Å². The predicted molar refractivity (Wildman–Crippen MR) is 77.3 cm³/mol. The molecule has 1 amide bonds. The van der Waals surface area contributed by atoms with Gasteiger partial charge in [-0.05, 0) is 16.5 Å². The highest BCUT2D eigenvalue weighted by atomic mass is 32.2. The van der Waals surface area contributed by atoms with Crippen molar-refractivity contribution in [2.45, 2.75) is 19.1 Å². The van der Waals surface area contributed by atoms with Crippen LogP contribution in [0.4, 0.5) is 4.79 Å². The van der Waals surface area contributed by atoms with Crippen molar-refractivity contribution in [1.82, 2.24) is 5.32 Å². The second-order valence-electron chi connectivity index (χ2n) is 4.56. The van der Waals surface area contributed by atoms with Crippen LogP contribution in [0, 0.1) is 0 Å². The summed E-state index contributed by atoms with van der Waals surface area (Å²) >= 11 is 0. The van der Waals surface area contributed by atoms with Crippen LogP contribution in [0.5, 0.6) is 0 Å². The Bertz CT molecular complexity index is 436. The van der Waals surface area contributed by atoms with E-state index in [1.54, 1.807) is 0 Å². The van der Waals surface area contributed by atoms with E-state index in [0.29, 0.717) is 6.42 Å². The second-order valence-corrected chi connectivity index (χ2v) is 6.94. The zero-order chi connectivity index (χ0) is 15.0. The summed E-state index contributed by atoms with van der Waals surface area (Å²) in [4.78, 5) is 22.5. The summed E-state index contributed by atoms with van der Waals surface area (Å²) < 4.78 is 4.98. The second kappa shape index (κ2) is 8.47. The van der Waals surface area contributed by atoms with E-state index in [-0.39, 0.29) is 17.5 Å². The molecule has 1 aromatic carbocycles. The maximum atomic E-state index is 11.6. The molecule has 0 aliphatic rings. The molecule has 0 aliphatic carbocycles. The Hall–Kier alpha value is -1.69. The largest absolute Gasteiger partial charge is 0.548 e. The Morgan fingerprint density at radius 2 is 1.95 bits per heavy atom. The minimum absolute atomic E-state index is 0.109. The number of carbonyl (C=O) groups excluding carboxylic acids is 2. The summed E-state index contributed by atoms with van der Waals surface area (Å²) in [6, 6.07) is 8.18. The Morgan fingerprint density at radius 1 is 1.30 bits per heavy atom. The normalized spacial score (nSPS) is 11.9. The average Bonchev–Trinajstić information content (AvgIpc) is 2.41. The third-order valence-electron chi connectivity index (χ3n) is 2.60. The Kier molecular flexibility index (Phi) is 6.93.